The zero-order chi connectivity index (χ0) is 18.3. The minimum atomic E-state index is -0.640. The summed E-state index contributed by atoms with van der Waals surface area (Å²) in [6.45, 7) is 2.83. The fraction of sp³-hybridized carbons (Fsp3) is 0.444. The summed E-state index contributed by atoms with van der Waals surface area (Å²) in [4.78, 5) is 27.3. The molecule has 1 atom stereocenters. The van der Waals surface area contributed by atoms with Gasteiger partial charge in [0, 0.05) is 24.5 Å². The molecule has 0 spiro atoms. The molecular formula is C18H22FN3O3. The number of carbonyl (C=O) groups is 1. The van der Waals surface area contributed by atoms with Crippen molar-refractivity contribution in [2.75, 3.05) is 27.2 Å². The highest BCUT2D eigenvalue weighted by atomic mass is 19.1. The van der Waals surface area contributed by atoms with E-state index < -0.39 is 23.0 Å². The molecule has 1 aliphatic heterocycles. The smallest absolute Gasteiger partial charge is 0.267 e. The van der Waals surface area contributed by atoms with Crippen LogP contribution in [0.5, 0.6) is 5.75 Å². The summed E-state index contributed by atoms with van der Waals surface area (Å²) in [7, 11) is 3.73. The quantitative estimate of drug-likeness (QED) is 0.882. The molecule has 0 bridgehead atoms. The highest BCUT2D eigenvalue weighted by Crippen LogP contribution is 2.35. The van der Waals surface area contributed by atoms with Gasteiger partial charge in [-0.2, -0.15) is 0 Å². The Bertz CT molecular complexity index is 905. The first-order valence-electron chi connectivity index (χ1n) is 8.33. The first-order chi connectivity index (χ1) is 11.8. The van der Waals surface area contributed by atoms with Gasteiger partial charge in [0.05, 0.1) is 5.52 Å². The van der Waals surface area contributed by atoms with Crippen LogP contribution in [0.2, 0.25) is 0 Å². The number of hydrogen-bond acceptors (Lipinski definition) is 4. The molecule has 0 radical (unpaired) electrons. The zero-order valence-electron chi connectivity index (χ0n) is 14.6. The predicted octanol–water partition coefficient (Wildman–Crippen LogP) is 1.64. The first kappa shape index (κ1) is 17.4. The molecule has 1 amide bonds. The monoisotopic (exact) mass is 347 g/mol. The molecule has 1 aromatic heterocycles. The van der Waals surface area contributed by atoms with E-state index in [4.69, 9.17) is 0 Å². The van der Waals surface area contributed by atoms with Crippen molar-refractivity contribution in [1.29, 1.82) is 0 Å². The largest absolute Gasteiger partial charge is 0.506 e. The van der Waals surface area contributed by atoms with Crippen molar-refractivity contribution in [3.05, 3.63) is 39.4 Å². The maximum Gasteiger partial charge on any atom is 0.267 e. The van der Waals surface area contributed by atoms with E-state index in [1.807, 2.05) is 25.9 Å². The number of halogens is 1. The number of likely N-dealkylation sites (N-methyl/N-ethyl adjacent to an activating group) is 1. The van der Waals surface area contributed by atoms with Crippen LogP contribution in [0.1, 0.15) is 35.3 Å². The van der Waals surface area contributed by atoms with Gasteiger partial charge in [-0.25, -0.2) is 4.39 Å². The van der Waals surface area contributed by atoms with Crippen molar-refractivity contribution in [3.8, 4) is 5.75 Å². The minimum absolute atomic E-state index is 0.123. The summed E-state index contributed by atoms with van der Waals surface area (Å²) in [5, 5.41) is 13.4. The number of aromatic nitrogens is 1. The van der Waals surface area contributed by atoms with E-state index in [0.29, 0.717) is 37.0 Å². The Labute approximate surface area is 144 Å². The van der Waals surface area contributed by atoms with Crippen molar-refractivity contribution in [2.24, 2.45) is 0 Å². The van der Waals surface area contributed by atoms with Crippen LogP contribution in [0, 0.1) is 5.82 Å². The Hall–Kier alpha value is -2.41. The van der Waals surface area contributed by atoms with Crippen LogP contribution in [-0.2, 0) is 6.42 Å². The molecule has 134 valence electrons. The molecule has 2 N–H and O–H groups in total. The summed E-state index contributed by atoms with van der Waals surface area (Å²) in [6, 6.07) is 2.45. The van der Waals surface area contributed by atoms with E-state index in [2.05, 4.69) is 5.32 Å². The van der Waals surface area contributed by atoms with Crippen LogP contribution in [0.25, 0.3) is 10.9 Å². The van der Waals surface area contributed by atoms with Crippen molar-refractivity contribution < 1.29 is 14.3 Å². The Balaban J connectivity index is 2.18. The molecule has 25 heavy (non-hydrogen) atoms. The molecule has 7 heteroatoms. The van der Waals surface area contributed by atoms with Gasteiger partial charge in [0.2, 0.25) is 0 Å². The molecule has 0 saturated heterocycles. The molecule has 0 saturated carbocycles. The van der Waals surface area contributed by atoms with E-state index in [1.54, 1.807) is 0 Å². The van der Waals surface area contributed by atoms with Crippen LogP contribution < -0.4 is 10.9 Å². The molecule has 1 aromatic carbocycles. The van der Waals surface area contributed by atoms with Gasteiger partial charge in [0.15, 0.2) is 0 Å². The van der Waals surface area contributed by atoms with Crippen molar-refractivity contribution in [1.82, 2.24) is 14.8 Å². The molecule has 0 unspecified atom stereocenters. The maximum absolute atomic E-state index is 13.9. The van der Waals surface area contributed by atoms with E-state index in [9.17, 15) is 19.1 Å². The van der Waals surface area contributed by atoms with Crippen LogP contribution >= 0.6 is 0 Å². The normalized spacial score (nSPS) is 16.4. The molecule has 1 aliphatic rings. The van der Waals surface area contributed by atoms with Crippen LogP contribution in [-0.4, -0.2) is 47.7 Å². The molecule has 6 nitrogen and oxygen atoms in total. The molecule has 2 aromatic rings. The van der Waals surface area contributed by atoms with E-state index >= 15 is 0 Å². The Morgan fingerprint density at radius 2 is 2.16 bits per heavy atom. The second kappa shape index (κ2) is 6.48. The summed E-state index contributed by atoms with van der Waals surface area (Å²) < 4.78 is 15.4. The highest BCUT2D eigenvalue weighted by molar-refractivity contribution is 6.03. The van der Waals surface area contributed by atoms with Gasteiger partial charge in [-0.15, -0.1) is 0 Å². The average Bonchev–Trinajstić information content (AvgIpc) is 2.53. The third kappa shape index (κ3) is 3.00. The van der Waals surface area contributed by atoms with Gasteiger partial charge in [-0.1, -0.05) is 0 Å². The molecule has 0 fully saturated rings. The number of pyridine rings is 1. The van der Waals surface area contributed by atoms with Gasteiger partial charge in [-0.05, 0) is 51.6 Å². The second-order valence-electron chi connectivity index (χ2n) is 6.81. The fourth-order valence-electron chi connectivity index (χ4n) is 3.37. The lowest BCUT2D eigenvalue weighted by Gasteiger charge is -2.26. The van der Waals surface area contributed by atoms with Gasteiger partial charge in [0.25, 0.3) is 11.5 Å². The summed E-state index contributed by atoms with van der Waals surface area (Å²) in [6.07, 6.45) is 1.31. The first-order valence-corrected chi connectivity index (χ1v) is 8.33. The number of rotatable bonds is 4. The lowest BCUT2D eigenvalue weighted by Crippen LogP contribution is -2.38. The lowest BCUT2D eigenvalue weighted by molar-refractivity contribution is 0.0946. The summed E-state index contributed by atoms with van der Waals surface area (Å²) in [5.41, 5.74) is 0.344. The predicted molar refractivity (Wildman–Crippen MR) is 93.8 cm³/mol. The number of hydrogen-bond donors (Lipinski definition) is 2. The number of nitrogens with zero attached hydrogens (tertiary/aromatic N) is 2. The minimum Gasteiger partial charge on any atom is -0.506 e. The zero-order valence-corrected chi connectivity index (χ0v) is 14.6. The molecule has 2 heterocycles. The Morgan fingerprint density at radius 1 is 1.44 bits per heavy atom. The van der Waals surface area contributed by atoms with E-state index in [0.717, 1.165) is 0 Å². The standard InChI is InChI=1S/C18H22FN3O3/c1-10-4-5-11-8-12(19)9-13-15(11)22(10)18(25)14(16(13)23)17(24)20-6-7-21(2)3/h8-10,23H,4-7H2,1-3H3,(H,20,24)/t10-/m1/s1. The van der Waals surface area contributed by atoms with Gasteiger partial charge in [-0.3, -0.25) is 9.59 Å². The van der Waals surface area contributed by atoms with Crippen molar-refractivity contribution >= 4 is 16.8 Å². The Kier molecular flexibility index (Phi) is 4.51. The number of amides is 1. The Morgan fingerprint density at radius 3 is 2.84 bits per heavy atom. The van der Waals surface area contributed by atoms with Crippen molar-refractivity contribution in [2.45, 2.75) is 25.8 Å². The molecule has 0 aliphatic carbocycles. The van der Waals surface area contributed by atoms with E-state index in [-0.39, 0.29) is 17.0 Å². The third-order valence-electron chi connectivity index (χ3n) is 4.66. The summed E-state index contributed by atoms with van der Waals surface area (Å²) >= 11 is 0. The number of carbonyl (C=O) groups excluding carboxylic acids is 1. The van der Waals surface area contributed by atoms with Gasteiger partial charge < -0.3 is 19.9 Å². The highest BCUT2D eigenvalue weighted by Gasteiger charge is 2.28. The average molecular weight is 347 g/mol. The molecule has 3 rings (SSSR count). The van der Waals surface area contributed by atoms with Crippen LogP contribution in [0.4, 0.5) is 4.39 Å². The number of aryl methyl sites for hydroxylation is 1. The van der Waals surface area contributed by atoms with Crippen molar-refractivity contribution in [3.63, 3.8) is 0 Å². The maximum atomic E-state index is 13.9. The number of aromatic hydroxyl groups is 1. The third-order valence-corrected chi connectivity index (χ3v) is 4.66. The molecular weight excluding hydrogens is 325 g/mol. The lowest BCUT2D eigenvalue weighted by atomic mass is 9.95. The van der Waals surface area contributed by atoms with Gasteiger partial charge >= 0.3 is 0 Å². The summed E-state index contributed by atoms with van der Waals surface area (Å²) in [5.74, 6) is -1.58. The number of benzene rings is 1. The fourth-order valence-corrected chi connectivity index (χ4v) is 3.37. The SMILES string of the molecule is C[C@@H]1CCc2cc(F)cc3c(O)c(C(=O)NCCN(C)C)c(=O)n1c23. The topological polar surface area (TPSA) is 74.6 Å². The van der Waals surface area contributed by atoms with Crippen LogP contribution in [0.3, 0.4) is 0 Å². The van der Waals surface area contributed by atoms with Crippen LogP contribution in [0.15, 0.2) is 16.9 Å². The second-order valence-corrected chi connectivity index (χ2v) is 6.81. The van der Waals surface area contributed by atoms with Gasteiger partial charge in [0.1, 0.15) is 17.1 Å². The van der Waals surface area contributed by atoms with E-state index in [1.165, 1.54) is 16.7 Å². The number of nitrogens with one attached hydrogen (secondary N) is 1.